The first kappa shape index (κ1) is 19.0. The molecule has 3 rings (SSSR count). The van der Waals surface area contributed by atoms with Crippen LogP contribution in [0.1, 0.15) is 57.9 Å². The van der Waals surface area contributed by atoms with Crippen molar-refractivity contribution in [2.75, 3.05) is 25.0 Å². The molecule has 2 N–H and O–H groups in total. The fourth-order valence-corrected chi connectivity index (χ4v) is 4.44. The quantitative estimate of drug-likeness (QED) is 0.783. The number of phenolic OH excluding ortho intramolecular Hbond substituents is 1. The Labute approximate surface area is 157 Å². The van der Waals surface area contributed by atoms with Gasteiger partial charge in [-0.05, 0) is 70.6 Å². The standard InChI is InChI=1S/C21H31N3O2/c1-3-26-18-6-10-21(2,11-7-18)24-12-8-17(9-13-24)23-19-14-16(15-22)4-5-20(19)25/h4-5,14,17-18,23,25H,3,6-13H2,1-2H3. The summed E-state index contributed by atoms with van der Waals surface area (Å²) in [5.74, 6) is 0.215. The van der Waals surface area contributed by atoms with Gasteiger partial charge < -0.3 is 15.2 Å². The molecule has 0 atom stereocenters. The zero-order chi connectivity index (χ0) is 18.6. The average Bonchev–Trinajstić information content (AvgIpc) is 2.66. The van der Waals surface area contributed by atoms with Gasteiger partial charge in [-0.15, -0.1) is 0 Å². The second-order valence-corrected chi connectivity index (χ2v) is 7.90. The maximum atomic E-state index is 10.0. The summed E-state index contributed by atoms with van der Waals surface area (Å²) in [5, 5.41) is 22.5. The topological polar surface area (TPSA) is 68.5 Å². The summed E-state index contributed by atoms with van der Waals surface area (Å²) in [5.41, 5.74) is 1.54. The number of nitriles is 1. The molecule has 0 bridgehead atoms. The van der Waals surface area contributed by atoms with Gasteiger partial charge in [0.1, 0.15) is 5.75 Å². The summed E-state index contributed by atoms with van der Waals surface area (Å²) in [6.45, 7) is 7.46. The molecular formula is C21H31N3O2. The van der Waals surface area contributed by atoms with E-state index in [2.05, 4.69) is 30.1 Å². The van der Waals surface area contributed by atoms with Gasteiger partial charge in [0.15, 0.2) is 0 Å². The van der Waals surface area contributed by atoms with Crippen LogP contribution >= 0.6 is 0 Å². The van der Waals surface area contributed by atoms with Crippen LogP contribution in [0.15, 0.2) is 18.2 Å². The summed E-state index contributed by atoms with van der Waals surface area (Å²) >= 11 is 0. The van der Waals surface area contributed by atoms with Crippen LogP contribution in [0.5, 0.6) is 5.75 Å². The van der Waals surface area contributed by atoms with Crippen molar-refractivity contribution in [1.29, 1.82) is 5.26 Å². The van der Waals surface area contributed by atoms with Crippen LogP contribution in [-0.4, -0.2) is 47.4 Å². The maximum absolute atomic E-state index is 10.0. The van der Waals surface area contributed by atoms with E-state index in [1.54, 1.807) is 18.2 Å². The van der Waals surface area contributed by atoms with Gasteiger partial charge in [0.05, 0.1) is 23.4 Å². The molecule has 5 heteroatoms. The van der Waals surface area contributed by atoms with Crippen molar-refractivity contribution in [1.82, 2.24) is 4.90 Å². The molecule has 1 aliphatic carbocycles. The van der Waals surface area contributed by atoms with Crippen molar-refractivity contribution in [3.63, 3.8) is 0 Å². The molecule has 1 aromatic rings. The minimum absolute atomic E-state index is 0.215. The van der Waals surface area contributed by atoms with E-state index in [0.29, 0.717) is 28.9 Å². The molecule has 0 unspecified atom stereocenters. The highest BCUT2D eigenvalue weighted by Gasteiger charge is 2.38. The van der Waals surface area contributed by atoms with Crippen LogP contribution < -0.4 is 5.32 Å². The van der Waals surface area contributed by atoms with E-state index in [1.165, 1.54) is 12.8 Å². The molecule has 142 valence electrons. The van der Waals surface area contributed by atoms with E-state index < -0.39 is 0 Å². The molecular weight excluding hydrogens is 326 g/mol. The third-order valence-electron chi connectivity index (χ3n) is 6.16. The van der Waals surface area contributed by atoms with Gasteiger partial charge in [0, 0.05) is 31.3 Å². The summed E-state index contributed by atoms with van der Waals surface area (Å²) < 4.78 is 5.80. The Bertz CT molecular complexity index is 639. The average molecular weight is 357 g/mol. The Morgan fingerprint density at radius 1 is 1.27 bits per heavy atom. The number of rotatable bonds is 5. The molecule has 1 saturated heterocycles. The lowest BCUT2D eigenvalue weighted by Gasteiger charge is -2.48. The first-order valence-corrected chi connectivity index (χ1v) is 9.90. The van der Waals surface area contributed by atoms with Gasteiger partial charge in [-0.1, -0.05) is 0 Å². The molecule has 0 spiro atoms. The number of anilines is 1. The van der Waals surface area contributed by atoms with Crippen molar-refractivity contribution in [2.24, 2.45) is 0 Å². The Hall–Kier alpha value is -1.77. The molecule has 1 aliphatic heterocycles. The smallest absolute Gasteiger partial charge is 0.138 e. The van der Waals surface area contributed by atoms with Crippen LogP contribution in [0, 0.1) is 11.3 Å². The third kappa shape index (κ3) is 4.31. The first-order chi connectivity index (χ1) is 12.5. The summed E-state index contributed by atoms with van der Waals surface area (Å²) in [7, 11) is 0. The van der Waals surface area contributed by atoms with Gasteiger partial charge in [-0.25, -0.2) is 0 Å². The number of nitrogens with zero attached hydrogens (tertiary/aromatic N) is 2. The lowest BCUT2D eigenvalue weighted by Crippen LogP contribution is -2.53. The van der Waals surface area contributed by atoms with Crippen LogP contribution in [0.3, 0.4) is 0 Å². The van der Waals surface area contributed by atoms with E-state index in [9.17, 15) is 5.11 Å². The normalized spacial score (nSPS) is 27.8. The molecule has 2 aliphatic rings. The summed E-state index contributed by atoms with van der Waals surface area (Å²) in [4.78, 5) is 2.65. The number of piperidine rings is 1. The Morgan fingerprint density at radius 3 is 2.58 bits per heavy atom. The van der Waals surface area contributed by atoms with Crippen LogP contribution in [-0.2, 0) is 4.74 Å². The third-order valence-corrected chi connectivity index (χ3v) is 6.16. The van der Waals surface area contributed by atoms with E-state index in [-0.39, 0.29) is 5.75 Å². The summed E-state index contributed by atoms with van der Waals surface area (Å²) in [6.07, 6.45) is 7.31. The number of phenols is 1. The van der Waals surface area contributed by atoms with Crippen molar-refractivity contribution >= 4 is 5.69 Å². The summed E-state index contributed by atoms with van der Waals surface area (Å²) in [6, 6.07) is 7.44. The molecule has 0 aromatic heterocycles. The molecule has 0 amide bonds. The second kappa shape index (κ2) is 8.28. The lowest BCUT2D eigenvalue weighted by atomic mass is 9.79. The fraction of sp³-hybridized carbons (Fsp3) is 0.667. The zero-order valence-corrected chi connectivity index (χ0v) is 16.0. The van der Waals surface area contributed by atoms with Crippen LogP contribution in [0.2, 0.25) is 0 Å². The van der Waals surface area contributed by atoms with Crippen molar-refractivity contribution in [3.05, 3.63) is 23.8 Å². The highest BCUT2D eigenvalue weighted by Crippen LogP contribution is 2.37. The minimum Gasteiger partial charge on any atom is -0.506 e. The number of hydrogen-bond donors (Lipinski definition) is 2. The van der Waals surface area contributed by atoms with E-state index in [0.717, 1.165) is 45.4 Å². The maximum Gasteiger partial charge on any atom is 0.138 e. The van der Waals surface area contributed by atoms with Crippen LogP contribution in [0.25, 0.3) is 0 Å². The SMILES string of the molecule is CCOC1CCC(C)(N2CCC(Nc3cc(C#N)ccc3O)CC2)CC1. The molecule has 2 fully saturated rings. The van der Waals surface area contributed by atoms with Crippen LogP contribution in [0.4, 0.5) is 5.69 Å². The Balaban J connectivity index is 1.52. The monoisotopic (exact) mass is 357 g/mol. The predicted octanol–water partition coefficient (Wildman–Crippen LogP) is 3.88. The number of nitrogens with one attached hydrogen (secondary N) is 1. The Kier molecular flexibility index (Phi) is 6.05. The predicted molar refractivity (Wildman–Crippen MR) is 103 cm³/mol. The van der Waals surface area contributed by atoms with Gasteiger partial charge in [0.25, 0.3) is 0 Å². The Morgan fingerprint density at radius 2 is 1.96 bits per heavy atom. The van der Waals surface area contributed by atoms with Gasteiger partial charge in [-0.3, -0.25) is 4.90 Å². The molecule has 0 radical (unpaired) electrons. The molecule has 26 heavy (non-hydrogen) atoms. The van der Waals surface area contributed by atoms with E-state index >= 15 is 0 Å². The number of hydrogen-bond acceptors (Lipinski definition) is 5. The fourth-order valence-electron chi connectivity index (χ4n) is 4.44. The van der Waals surface area contributed by atoms with Gasteiger partial charge in [0.2, 0.25) is 0 Å². The van der Waals surface area contributed by atoms with Crippen molar-refractivity contribution in [2.45, 2.75) is 70.1 Å². The van der Waals surface area contributed by atoms with Gasteiger partial charge in [-0.2, -0.15) is 5.26 Å². The number of likely N-dealkylation sites (tertiary alicyclic amines) is 1. The van der Waals surface area contributed by atoms with E-state index in [4.69, 9.17) is 10.00 Å². The number of benzene rings is 1. The molecule has 1 aromatic carbocycles. The molecule has 1 heterocycles. The number of aromatic hydroxyl groups is 1. The first-order valence-electron chi connectivity index (χ1n) is 9.90. The largest absolute Gasteiger partial charge is 0.506 e. The number of ether oxygens (including phenoxy) is 1. The molecule has 1 saturated carbocycles. The molecule has 5 nitrogen and oxygen atoms in total. The second-order valence-electron chi connectivity index (χ2n) is 7.90. The minimum atomic E-state index is 0.215. The van der Waals surface area contributed by atoms with Crippen molar-refractivity contribution in [3.8, 4) is 11.8 Å². The van der Waals surface area contributed by atoms with Crippen molar-refractivity contribution < 1.29 is 9.84 Å². The zero-order valence-electron chi connectivity index (χ0n) is 16.0. The van der Waals surface area contributed by atoms with E-state index in [1.807, 2.05) is 0 Å². The highest BCUT2D eigenvalue weighted by molar-refractivity contribution is 5.59. The highest BCUT2D eigenvalue weighted by atomic mass is 16.5. The van der Waals surface area contributed by atoms with Gasteiger partial charge >= 0.3 is 0 Å². The lowest BCUT2D eigenvalue weighted by molar-refractivity contribution is -0.0242.